The molecule has 0 radical (unpaired) electrons. The molecule has 0 fully saturated rings. The maximum Gasteiger partial charge on any atom is 0.220 e. The van der Waals surface area contributed by atoms with E-state index in [4.69, 9.17) is 0 Å². The number of carbonyl (C=O) groups excluding carboxylic acids is 2. The van der Waals surface area contributed by atoms with E-state index >= 15 is 0 Å². The summed E-state index contributed by atoms with van der Waals surface area (Å²) in [6.45, 7) is 0.486. The molecule has 0 atom stereocenters. The van der Waals surface area contributed by atoms with Crippen LogP contribution in [-0.4, -0.2) is 25.8 Å². The first-order chi connectivity index (χ1) is 12.5. The van der Waals surface area contributed by atoms with Crippen molar-refractivity contribution >= 4 is 17.4 Å². The van der Waals surface area contributed by atoms with Crippen LogP contribution < -0.4 is 10.2 Å². The minimum absolute atomic E-state index is 0.0465. The zero-order valence-corrected chi connectivity index (χ0v) is 15.5. The number of nitrogens with one attached hydrogen (secondary N) is 1. The van der Waals surface area contributed by atoms with Crippen molar-refractivity contribution in [2.45, 2.75) is 38.6 Å². The largest absolute Gasteiger partial charge is 0.378 e. The third-order valence-electron chi connectivity index (χ3n) is 4.94. The van der Waals surface area contributed by atoms with Gasteiger partial charge in [-0.25, -0.2) is 0 Å². The number of hydrogen-bond acceptors (Lipinski definition) is 3. The van der Waals surface area contributed by atoms with Crippen LogP contribution in [0.25, 0.3) is 0 Å². The minimum Gasteiger partial charge on any atom is -0.378 e. The van der Waals surface area contributed by atoms with E-state index in [9.17, 15) is 9.59 Å². The van der Waals surface area contributed by atoms with Gasteiger partial charge in [-0.1, -0.05) is 24.3 Å². The number of amides is 1. The number of ketones is 1. The zero-order chi connectivity index (χ0) is 18.5. The lowest BCUT2D eigenvalue weighted by molar-refractivity contribution is -0.121. The highest BCUT2D eigenvalue weighted by Gasteiger charge is 2.14. The second-order valence-electron chi connectivity index (χ2n) is 7.10. The molecule has 0 saturated carbocycles. The number of anilines is 1. The number of benzene rings is 2. The Morgan fingerprint density at radius 2 is 1.69 bits per heavy atom. The van der Waals surface area contributed by atoms with Crippen LogP contribution in [0.3, 0.4) is 0 Å². The van der Waals surface area contributed by atoms with Crippen LogP contribution in [-0.2, 0) is 24.2 Å². The SMILES string of the molecule is CN(C)c1ccc(CNC(=O)CCC(=O)c2ccc3c(c2)CCC3)cc1. The second-order valence-corrected chi connectivity index (χ2v) is 7.10. The minimum atomic E-state index is -0.0869. The molecule has 1 amide bonds. The quantitative estimate of drug-likeness (QED) is 0.777. The number of aryl methyl sites for hydroxylation is 2. The Labute approximate surface area is 155 Å². The molecule has 0 heterocycles. The highest BCUT2D eigenvalue weighted by molar-refractivity contribution is 5.98. The standard InChI is InChI=1S/C22H26N2O2/c1-24(2)20-10-6-16(7-11-20)15-23-22(26)13-12-21(25)19-9-8-17-4-3-5-18(17)14-19/h6-11,14H,3-5,12-13,15H2,1-2H3,(H,23,26). The molecule has 0 spiro atoms. The first-order valence-electron chi connectivity index (χ1n) is 9.21. The third-order valence-corrected chi connectivity index (χ3v) is 4.94. The Bertz CT molecular complexity index is 794. The second kappa shape index (κ2) is 8.17. The summed E-state index contributed by atoms with van der Waals surface area (Å²) in [5, 5.41) is 2.89. The Kier molecular flexibility index (Phi) is 5.71. The molecule has 0 bridgehead atoms. The maximum atomic E-state index is 12.3. The highest BCUT2D eigenvalue weighted by Crippen LogP contribution is 2.23. The van der Waals surface area contributed by atoms with Gasteiger partial charge in [0.25, 0.3) is 0 Å². The van der Waals surface area contributed by atoms with Crippen LogP contribution in [0.2, 0.25) is 0 Å². The average molecular weight is 350 g/mol. The summed E-state index contributed by atoms with van der Waals surface area (Å²) in [6, 6.07) is 14.0. The van der Waals surface area contributed by atoms with Gasteiger partial charge in [0, 0.05) is 44.7 Å². The van der Waals surface area contributed by atoms with E-state index in [0.717, 1.165) is 29.7 Å². The van der Waals surface area contributed by atoms with Gasteiger partial charge in [-0.05, 0) is 54.2 Å². The molecule has 2 aromatic rings. The number of nitrogens with zero attached hydrogens (tertiary/aromatic N) is 1. The van der Waals surface area contributed by atoms with Crippen LogP contribution >= 0.6 is 0 Å². The van der Waals surface area contributed by atoms with Crippen molar-refractivity contribution in [3.63, 3.8) is 0 Å². The van der Waals surface area contributed by atoms with Crippen molar-refractivity contribution in [3.05, 3.63) is 64.7 Å². The molecule has 1 aliphatic rings. The summed E-state index contributed by atoms with van der Waals surface area (Å²) in [4.78, 5) is 26.4. The monoisotopic (exact) mass is 350 g/mol. The van der Waals surface area contributed by atoms with Gasteiger partial charge in [-0.3, -0.25) is 9.59 Å². The number of rotatable bonds is 7. The van der Waals surface area contributed by atoms with E-state index in [1.165, 1.54) is 17.5 Å². The lowest BCUT2D eigenvalue weighted by Crippen LogP contribution is -2.23. The van der Waals surface area contributed by atoms with Gasteiger partial charge in [0.15, 0.2) is 5.78 Å². The molecule has 0 unspecified atom stereocenters. The van der Waals surface area contributed by atoms with Gasteiger partial charge in [-0.15, -0.1) is 0 Å². The van der Waals surface area contributed by atoms with Gasteiger partial charge < -0.3 is 10.2 Å². The van der Waals surface area contributed by atoms with Gasteiger partial charge >= 0.3 is 0 Å². The van der Waals surface area contributed by atoms with Crippen LogP contribution in [0.15, 0.2) is 42.5 Å². The van der Waals surface area contributed by atoms with Crippen molar-refractivity contribution in [2.75, 3.05) is 19.0 Å². The fourth-order valence-corrected chi connectivity index (χ4v) is 3.32. The molecule has 1 aliphatic carbocycles. The van der Waals surface area contributed by atoms with E-state index < -0.39 is 0 Å². The number of hydrogen-bond donors (Lipinski definition) is 1. The van der Waals surface area contributed by atoms with Crippen LogP contribution in [0.1, 0.15) is 46.3 Å². The number of Topliss-reactive ketones (excluding diaryl/α,β-unsaturated/α-hetero) is 1. The fourth-order valence-electron chi connectivity index (χ4n) is 3.32. The summed E-state index contributed by atoms with van der Waals surface area (Å²) < 4.78 is 0. The average Bonchev–Trinajstić information content (AvgIpc) is 3.12. The first-order valence-corrected chi connectivity index (χ1v) is 9.21. The summed E-state index contributed by atoms with van der Waals surface area (Å²) in [5.41, 5.74) is 5.56. The molecular formula is C22H26N2O2. The third kappa shape index (κ3) is 4.51. The van der Waals surface area contributed by atoms with E-state index in [1.54, 1.807) is 0 Å². The Balaban J connectivity index is 1.45. The Hall–Kier alpha value is -2.62. The van der Waals surface area contributed by atoms with Crippen molar-refractivity contribution in [1.29, 1.82) is 0 Å². The van der Waals surface area contributed by atoms with Crippen molar-refractivity contribution in [2.24, 2.45) is 0 Å². The van der Waals surface area contributed by atoms with Gasteiger partial charge in [0.05, 0.1) is 0 Å². The fraction of sp³-hybridized carbons (Fsp3) is 0.364. The smallest absolute Gasteiger partial charge is 0.220 e. The van der Waals surface area contributed by atoms with E-state index in [0.29, 0.717) is 6.54 Å². The maximum absolute atomic E-state index is 12.3. The van der Waals surface area contributed by atoms with Gasteiger partial charge in [0.1, 0.15) is 0 Å². The highest BCUT2D eigenvalue weighted by atomic mass is 16.2. The van der Waals surface area contributed by atoms with Crippen molar-refractivity contribution < 1.29 is 9.59 Å². The molecule has 1 N–H and O–H groups in total. The predicted molar refractivity (Wildman–Crippen MR) is 105 cm³/mol. The summed E-state index contributed by atoms with van der Waals surface area (Å²) in [7, 11) is 3.99. The summed E-state index contributed by atoms with van der Waals surface area (Å²) in [6.07, 6.45) is 3.83. The molecule has 3 rings (SSSR count). The van der Waals surface area contributed by atoms with Crippen molar-refractivity contribution in [3.8, 4) is 0 Å². The molecule has 26 heavy (non-hydrogen) atoms. The van der Waals surface area contributed by atoms with E-state index in [2.05, 4.69) is 11.4 Å². The molecule has 0 aliphatic heterocycles. The zero-order valence-electron chi connectivity index (χ0n) is 15.5. The van der Waals surface area contributed by atoms with Gasteiger partial charge in [-0.2, -0.15) is 0 Å². The van der Waals surface area contributed by atoms with Crippen molar-refractivity contribution in [1.82, 2.24) is 5.32 Å². The predicted octanol–water partition coefficient (Wildman–Crippen LogP) is 3.52. The normalized spacial score (nSPS) is 12.5. The first kappa shape index (κ1) is 18.2. The Morgan fingerprint density at radius 3 is 2.42 bits per heavy atom. The molecule has 136 valence electrons. The molecule has 0 saturated heterocycles. The van der Waals surface area contributed by atoms with Gasteiger partial charge in [0.2, 0.25) is 5.91 Å². The van der Waals surface area contributed by atoms with Crippen LogP contribution in [0, 0.1) is 0 Å². The number of fused-ring (bicyclic) bond motifs is 1. The van der Waals surface area contributed by atoms with Crippen LogP contribution in [0.5, 0.6) is 0 Å². The van der Waals surface area contributed by atoms with Crippen LogP contribution in [0.4, 0.5) is 5.69 Å². The summed E-state index contributed by atoms with van der Waals surface area (Å²) in [5.74, 6) is -0.0404. The number of carbonyl (C=O) groups is 2. The molecule has 2 aromatic carbocycles. The van der Waals surface area contributed by atoms with E-state index in [1.807, 2.05) is 55.4 Å². The molecule has 4 heteroatoms. The molecule has 4 nitrogen and oxygen atoms in total. The molecular weight excluding hydrogens is 324 g/mol. The summed E-state index contributed by atoms with van der Waals surface area (Å²) >= 11 is 0. The lowest BCUT2D eigenvalue weighted by atomic mass is 10.0. The lowest BCUT2D eigenvalue weighted by Gasteiger charge is -2.13. The Morgan fingerprint density at radius 1 is 0.962 bits per heavy atom. The van der Waals surface area contributed by atoms with E-state index in [-0.39, 0.29) is 24.5 Å². The molecule has 0 aromatic heterocycles. The topological polar surface area (TPSA) is 49.4 Å².